The highest BCUT2D eigenvalue weighted by Crippen LogP contribution is 2.42. The van der Waals surface area contributed by atoms with Crippen LogP contribution in [-0.2, 0) is 0 Å². The average Bonchev–Trinajstić information content (AvgIpc) is 3.49. The zero-order valence-electron chi connectivity index (χ0n) is 18.3. The number of methoxy groups -OCH3 is 2. The Morgan fingerprint density at radius 2 is 1.85 bits per heavy atom. The van der Waals surface area contributed by atoms with E-state index in [1.807, 2.05) is 47.5 Å². The lowest BCUT2D eigenvalue weighted by Crippen LogP contribution is -2.39. The van der Waals surface area contributed by atoms with Crippen LogP contribution < -0.4 is 14.9 Å². The van der Waals surface area contributed by atoms with Crippen molar-refractivity contribution >= 4 is 43.7 Å². The third-order valence-corrected chi connectivity index (χ3v) is 7.87. The van der Waals surface area contributed by atoms with E-state index in [1.54, 1.807) is 20.3 Å². The van der Waals surface area contributed by atoms with Crippen LogP contribution in [0.3, 0.4) is 0 Å². The largest absolute Gasteiger partial charge is 0.493 e. The fraction of sp³-hybridized carbons (Fsp3) is 0.208. The van der Waals surface area contributed by atoms with Crippen LogP contribution in [0.4, 0.5) is 5.00 Å². The Morgan fingerprint density at radius 3 is 2.53 bits per heavy atom. The molecule has 3 aromatic rings. The monoisotopic (exact) mass is 540 g/mol. The number of hydrogen-bond acceptors (Lipinski definition) is 8. The maximum atomic E-state index is 11.3. The Hall–Kier alpha value is -3.21. The van der Waals surface area contributed by atoms with Gasteiger partial charge in [-0.2, -0.15) is 0 Å². The Bertz CT molecular complexity index is 1290. The van der Waals surface area contributed by atoms with Crippen LogP contribution in [0.1, 0.15) is 22.0 Å². The molecule has 2 aromatic carbocycles. The summed E-state index contributed by atoms with van der Waals surface area (Å²) in [6.45, 7) is 0. The fourth-order valence-electron chi connectivity index (χ4n) is 4.17. The summed E-state index contributed by atoms with van der Waals surface area (Å²) in [7, 11) is 3.20. The van der Waals surface area contributed by atoms with Crippen LogP contribution in [0.2, 0.25) is 0 Å². The van der Waals surface area contributed by atoms with Crippen LogP contribution in [0, 0.1) is 10.1 Å². The van der Waals surface area contributed by atoms with Gasteiger partial charge in [-0.25, -0.2) is 5.43 Å². The van der Waals surface area contributed by atoms with E-state index in [0.717, 1.165) is 33.0 Å². The summed E-state index contributed by atoms with van der Waals surface area (Å²) in [6.07, 6.45) is 1.68. The number of halogens is 1. The standard InChI is InChI=1S/C24H21BrN4O4S/c1-32-18-9-8-15(12-19(18)33-2)17-13-16(20-10-11-21(34-20)29(30)31)26-24-22(25)23(27-28(17)24)14-6-4-3-5-7-14/h3-13,22-24,27H,1-2H3. The van der Waals surface area contributed by atoms with Crippen molar-refractivity contribution < 1.29 is 14.4 Å². The van der Waals surface area contributed by atoms with E-state index < -0.39 is 0 Å². The molecule has 0 bridgehead atoms. The number of aliphatic imine (C=N–C) groups is 1. The third-order valence-electron chi connectivity index (χ3n) is 5.81. The van der Waals surface area contributed by atoms with Gasteiger partial charge in [0.1, 0.15) is 0 Å². The molecule has 0 aliphatic carbocycles. The molecule has 1 N–H and O–H groups in total. The van der Waals surface area contributed by atoms with Crippen LogP contribution >= 0.6 is 27.3 Å². The molecule has 3 atom stereocenters. The predicted octanol–water partition coefficient (Wildman–Crippen LogP) is 5.17. The summed E-state index contributed by atoms with van der Waals surface area (Å²) < 4.78 is 10.9. The number of ether oxygens (including phenoxy) is 2. The van der Waals surface area contributed by atoms with Crippen molar-refractivity contribution in [3.63, 3.8) is 0 Å². The van der Waals surface area contributed by atoms with Gasteiger partial charge in [-0.3, -0.25) is 20.1 Å². The van der Waals surface area contributed by atoms with Gasteiger partial charge in [0.25, 0.3) is 0 Å². The molecular formula is C24H21BrN4O4S. The van der Waals surface area contributed by atoms with Gasteiger partial charge in [-0.05, 0) is 35.9 Å². The van der Waals surface area contributed by atoms with Crippen LogP contribution in [0.25, 0.3) is 5.70 Å². The number of fused-ring (bicyclic) bond motifs is 1. The van der Waals surface area contributed by atoms with Gasteiger partial charge >= 0.3 is 5.00 Å². The van der Waals surface area contributed by atoms with Crippen LogP contribution in [0.5, 0.6) is 11.5 Å². The first-order chi connectivity index (χ1) is 16.5. The molecule has 2 aliphatic heterocycles. The van der Waals surface area contributed by atoms with E-state index in [9.17, 15) is 10.1 Å². The van der Waals surface area contributed by atoms with Crippen LogP contribution in [-0.4, -0.2) is 40.9 Å². The number of hydrazine groups is 1. The molecule has 1 aromatic heterocycles. The number of alkyl halides is 1. The summed E-state index contributed by atoms with van der Waals surface area (Å²) in [5.74, 6) is 1.25. The number of hydrogen-bond donors (Lipinski definition) is 1. The van der Waals surface area contributed by atoms with Crippen molar-refractivity contribution in [2.24, 2.45) is 4.99 Å². The van der Waals surface area contributed by atoms with Crippen molar-refractivity contribution in [1.29, 1.82) is 0 Å². The van der Waals surface area contributed by atoms with E-state index >= 15 is 0 Å². The molecule has 2 aliphatic rings. The Labute approximate surface area is 208 Å². The summed E-state index contributed by atoms with van der Waals surface area (Å²) in [6, 6.07) is 19.2. The highest BCUT2D eigenvalue weighted by Gasteiger charge is 2.44. The van der Waals surface area contributed by atoms with Gasteiger partial charge in [0.15, 0.2) is 17.7 Å². The number of nitrogens with one attached hydrogen (secondary N) is 1. The average molecular weight is 541 g/mol. The lowest BCUT2D eigenvalue weighted by molar-refractivity contribution is -0.380. The molecule has 1 fully saturated rings. The summed E-state index contributed by atoms with van der Waals surface area (Å²) in [4.78, 5) is 16.6. The van der Waals surface area contributed by atoms with Crippen LogP contribution in [0.15, 0.2) is 71.7 Å². The molecule has 34 heavy (non-hydrogen) atoms. The molecule has 1 saturated heterocycles. The molecule has 0 radical (unpaired) electrons. The normalized spacial score (nSPS) is 21.5. The first-order valence-electron chi connectivity index (χ1n) is 10.5. The maximum Gasteiger partial charge on any atom is 0.324 e. The topological polar surface area (TPSA) is 89.2 Å². The van der Waals surface area contributed by atoms with E-state index in [-0.39, 0.29) is 27.0 Å². The molecule has 3 heterocycles. The molecule has 8 nitrogen and oxygen atoms in total. The number of thiophene rings is 1. The molecule has 3 unspecified atom stereocenters. The lowest BCUT2D eigenvalue weighted by Gasteiger charge is -2.31. The second kappa shape index (κ2) is 9.21. The number of allylic oxidation sites excluding steroid dienone is 1. The van der Waals surface area contributed by atoms with Gasteiger partial charge in [0, 0.05) is 11.6 Å². The molecule has 10 heteroatoms. The molecule has 174 valence electrons. The van der Waals surface area contributed by atoms with E-state index in [4.69, 9.17) is 14.5 Å². The fourth-order valence-corrected chi connectivity index (χ4v) is 5.73. The summed E-state index contributed by atoms with van der Waals surface area (Å²) in [5.41, 5.74) is 7.22. The number of benzene rings is 2. The zero-order chi connectivity index (χ0) is 23.8. The molecule has 0 amide bonds. The van der Waals surface area contributed by atoms with E-state index in [1.165, 1.54) is 6.07 Å². The first kappa shape index (κ1) is 22.6. The molecule has 5 rings (SSSR count). The minimum absolute atomic E-state index is 0.0180. The second-order valence-electron chi connectivity index (χ2n) is 7.75. The van der Waals surface area contributed by atoms with Crippen molar-refractivity contribution in [3.05, 3.63) is 92.9 Å². The number of nitro groups is 1. The smallest absolute Gasteiger partial charge is 0.324 e. The second-order valence-corrected chi connectivity index (χ2v) is 9.87. The summed E-state index contributed by atoms with van der Waals surface area (Å²) in [5, 5.41) is 13.4. The van der Waals surface area contributed by atoms with E-state index in [2.05, 4.69) is 33.5 Å². The van der Waals surface area contributed by atoms with Crippen molar-refractivity contribution in [1.82, 2.24) is 10.4 Å². The minimum Gasteiger partial charge on any atom is -0.493 e. The van der Waals surface area contributed by atoms with Crippen molar-refractivity contribution in [2.75, 3.05) is 14.2 Å². The Kier molecular flexibility index (Phi) is 6.11. The molecule has 0 saturated carbocycles. The molecular weight excluding hydrogens is 520 g/mol. The lowest BCUT2D eigenvalue weighted by atomic mass is 10.0. The molecule has 0 spiro atoms. The zero-order valence-corrected chi connectivity index (χ0v) is 20.7. The Morgan fingerprint density at radius 1 is 1.09 bits per heavy atom. The van der Waals surface area contributed by atoms with Crippen molar-refractivity contribution in [2.45, 2.75) is 17.0 Å². The first-order valence-corrected chi connectivity index (χ1v) is 12.2. The van der Waals surface area contributed by atoms with Gasteiger partial charge < -0.3 is 9.47 Å². The van der Waals surface area contributed by atoms with Crippen molar-refractivity contribution in [3.8, 4) is 11.5 Å². The third kappa shape index (κ3) is 3.97. The number of nitrogens with zero attached hydrogens (tertiary/aromatic N) is 3. The van der Waals surface area contributed by atoms with Gasteiger partial charge in [-0.15, -0.1) is 0 Å². The van der Waals surface area contributed by atoms with Gasteiger partial charge in [0.05, 0.1) is 46.3 Å². The Balaban J connectivity index is 1.61. The van der Waals surface area contributed by atoms with E-state index in [0.29, 0.717) is 17.2 Å². The minimum atomic E-state index is -0.376. The SMILES string of the molecule is COc1ccc(C2=CC(c3ccc([N+](=O)[O-])s3)=NC3C(Br)C(c4ccccc4)NN23)cc1OC. The highest BCUT2D eigenvalue weighted by atomic mass is 79.9. The predicted molar refractivity (Wildman–Crippen MR) is 136 cm³/mol. The number of rotatable bonds is 6. The van der Waals surface area contributed by atoms with Gasteiger partial charge in [0.2, 0.25) is 0 Å². The summed E-state index contributed by atoms with van der Waals surface area (Å²) >= 11 is 4.99. The quantitative estimate of drug-likeness (QED) is 0.263. The van der Waals surface area contributed by atoms with Gasteiger partial charge in [-0.1, -0.05) is 57.6 Å². The highest BCUT2D eigenvalue weighted by molar-refractivity contribution is 9.09. The maximum absolute atomic E-state index is 11.3.